The number of carbonyl (C=O) groups is 2. The number of halogens is 1. The molecular formula is C26H39FN2O4. The fraction of sp³-hybridized carbons (Fsp3) is 0.692. The zero-order valence-electron chi connectivity index (χ0n) is 20.3. The zero-order chi connectivity index (χ0) is 23.8. The van der Waals surface area contributed by atoms with Gasteiger partial charge < -0.3 is 19.3 Å². The lowest BCUT2D eigenvalue weighted by Gasteiger charge is -2.35. The minimum Gasteiger partial charge on any atom is -0.445 e. The summed E-state index contributed by atoms with van der Waals surface area (Å²) in [4.78, 5) is 28.0. The molecule has 0 aliphatic carbocycles. The second-order valence-electron chi connectivity index (χ2n) is 10.5. The van der Waals surface area contributed by atoms with Crippen LogP contribution in [0, 0.1) is 11.8 Å². The number of rotatable bonds is 6. The van der Waals surface area contributed by atoms with E-state index in [2.05, 4.69) is 0 Å². The molecule has 0 saturated carbocycles. The Morgan fingerprint density at radius 1 is 0.909 bits per heavy atom. The third-order valence-electron chi connectivity index (χ3n) is 6.52. The van der Waals surface area contributed by atoms with Crippen LogP contribution in [0.4, 0.5) is 14.0 Å². The van der Waals surface area contributed by atoms with E-state index in [0.29, 0.717) is 50.9 Å². The van der Waals surface area contributed by atoms with E-state index in [-0.39, 0.29) is 18.8 Å². The molecule has 2 heterocycles. The van der Waals surface area contributed by atoms with Crippen LogP contribution < -0.4 is 0 Å². The number of benzene rings is 1. The number of alkyl halides is 1. The predicted molar refractivity (Wildman–Crippen MR) is 126 cm³/mol. The highest BCUT2D eigenvalue weighted by Crippen LogP contribution is 2.30. The van der Waals surface area contributed by atoms with E-state index < -0.39 is 11.8 Å². The third-order valence-corrected chi connectivity index (χ3v) is 6.52. The van der Waals surface area contributed by atoms with E-state index in [1.54, 1.807) is 9.80 Å². The van der Waals surface area contributed by atoms with Gasteiger partial charge in [-0.05, 0) is 76.7 Å². The number of carbonyl (C=O) groups excluding carboxylic acids is 2. The van der Waals surface area contributed by atoms with Gasteiger partial charge in [0.25, 0.3) is 0 Å². The van der Waals surface area contributed by atoms with Crippen molar-refractivity contribution >= 4 is 12.2 Å². The fourth-order valence-corrected chi connectivity index (χ4v) is 4.66. The second-order valence-corrected chi connectivity index (χ2v) is 10.5. The predicted octanol–water partition coefficient (Wildman–Crippen LogP) is 5.80. The van der Waals surface area contributed by atoms with Gasteiger partial charge in [0.2, 0.25) is 0 Å². The van der Waals surface area contributed by atoms with Crippen molar-refractivity contribution in [3.8, 4) is 0 Å². The molecule has 0 bridgehead atoms. The monoisotopic (exact) mass is 462 g/mol. The summed E-state index contributed by atoms with van der Waals surface area (Å²) in [5, 5.41) is 0. The number of ether oxygens (including phenoxy) is 2. The molecule has 7 heteroatoms. The summed E-state index contributed by atoms with van der Waals surface area (Å²) in [6, 6.07) is 9.64. The highest BCUT2D eigenvalue weighted by atomic mass is 19.1. The first-order chi connectivity index (χ1) is 15.7. The van der Waals surface area contributed by atoms with Crippen molar-refractivity contribution in [3.63, 3.8) is 0 Å². The lowest BCUT2D eigenvalue weighted by atomic mass is 9.86. The first-order valence-corrected chi connectivity index (χ1v) is 12.3. The Morgan fingerprint density at radius 2 is 1.39 bits per heavy atom. The lowest BCUT2D eigenvalue weighted by Crippen LogP contribution is -2.42. The van der Waals surface area contributed by atoms with Crippen molar-refractivity contribution in [2.24, 2.45) is 11.8 Å². The van der Waals surface area contributed by atoms with Crippen LogP contribution in [0.15, 0.2) is 30.3 Å². The Labute approximate surface area is 197 Å². The van der Waals surface area contributed by atoms with Gasteiger partial charge in [-0.15, -0.1) is 0 Å². The standard InChI is InChI=1S/C26H39FN2O4/c1-26(2,3)33-25(31)29-15-11-21(12-16-29)18-23(27)17-20-9-13-28(14-10-20)24(30)32-19-22-7-5-4-6-8-22/h4-8,20-21,23H,9-19H2,1-3H3. The van der Waals surface area contributed by atoms with Gasteiger partial charge in [0.1, 0.15) is 18.4 Å². The average Bonchev–Trinajstić information content (AvgIpc) is 2.78. The minimum absolute atomic E-state index is 0.271. The number of hydrogen-bond acceptors (Lipinski definition) is 4. The largest absolute Gasteiger partial charge is 0.445 e. The SMILES string of the molecule is CC(C)(C)OC(=O)N1CCC(CC(F)CC2CCN(C(=O)OCc3ccccc3)CC2)CC1. The van der Waals surface area contributed by atoms with Crippen molar-refractivity contribution in [3.05, 3.63) is 35.9 Å². The molecule has 1 aromatic carbocycles. The summed E-state index contributed by atoms with van der Waals surface area (Å²) < 4.78 is 25.6. The van der Waals surface area contributed by atoms with Gasteiger partial charge in [-0.2, -0.15) is 0 Å². The molecular weight excluding hydrogens is 423 g/mol. The number of hydrogen-bond donors (Lipinski definition) is 0. The quantitative estimate of drug-likeness (QED) is 0.536. The molecule has 3 rings (SSSR count). The maximum absolute atomic E-state index is 14.8. The van der Waals surface area contributed by atoms with Crippen molar-refractivity contribution in [2.75, 3.05) is 26.2 Å². The molecule has 1 atom stereocenters. The molecule has 0 radical (unpaired) electrons. The summed E-state index contributed by atoms with van der Waals surface area (Å²) in [5.74, 6) is 0.617. The number of likely N-dealkylation sites (tertiary alicyclic amines) is 2. The molecule has 2 fully saturated rings. The molecule has 2 aliphatic rings. The average molecular weight is 463 g/mol. The van der Waals surface area contributed by atoms with Crippen molar-refractivity contribution < 1.29 is 23.5 Å². The smallest absolute Gasteiger partial charge is 0.410 e. The molecule has 0 aromatic heterocycles. The molecule has 2 amide bonds. The van der Waals surface area contributed by atoms with Crippen LogP contribution in [0.3, 0.4) is 0 Å². The van der Waals surface area contributed by atoms with Crippen LogP contribution in [-0.2, 0) is 16.1 Å². The van der Waals surface area contributed by atoms with Crippen molar-refractivity contribution in [1.29, 1.82) is 0 Å². The molecule has 2 aliphatic heterocycles. The first kappa shape index (κ1) is 25.3. The van der Waals surface area contributed by atoms with Gasteiger partial charge in [-0.25, -0.2) is 14.0 Å². The van der Waals surface area contributed by atoms with E-state index in [0.717, 1.165) is 31.2 Å². The molecule has 33 heavy (non-hydrogen) atoms. The molecule has 6 nitrogen and oxygen atoms in total. The summed E-state index contributed by atoms with van der Waals surface area (Å²) in [7, 11) is 0. The van der Waals surface area contributed by atoms with Crippen LogP contribution >= 0.6 is 0 Å². The second kappa shape index (κ2) is 11.7. The number of amides is 2. The van der Waals surface area contributed by atoms with Gasteiger partial charge in [0.05, 0.1) is 0 Å². The molecule has 2 saturated heterocycles. The highest BCUT2D eigenvalue weighted by molar-refractivity contribution is 5.68. The van der Waals surface area contributed by atoms with E-state index >= 15 is 0 Å². The Bertz CT molecular complexity index is 751. The van der Waals surface area contributed by atoms with Gasteiger partial charge in [0.15, 0.2) is 0 Å². The Morgan fingerprint density at radius 3 is 1.88 bits per heavy atom. The van der Waals surface area contributed by atoms with Crippen molar-refractivity contribution in [2.45, 2.75) is 77.7 Å². The van der Waals surface area contributed by atoms with E-state index in [1.165, 1.54) is 0 Å². The van der Waals surface area contributed by atoms with E-state index in [4.69, 9.17) is 9.47 Å². The topological polar surface area (TPSA) is 59.1 Å². The zero-order valence-corrected chi connectivity index (χ0v) is 20.3. The highest BCUT2D eigenvalue weighted by Gasteiger charge is 2.30. The van der Waals surface area contributed by atoms with Crippen LogP contribution in [-0.4, -0.2) is 59.9 Å². The molecule has 184 valence electrons. The minimum atomic E-state index is -0.829. The first-order valence-electron chi connectivity index (χ1n) is 12.3. The van der Waals surface area contributed by atoms with Gasteiger partial charge >= 0.3 is 12.2 Å². The van der Waals surface area contributed by atoms with Crippen LogP contribution in [0.25, 0.3) is 0 Å². The maximum Gasteiger partial charge on any atom is 0.410 e. The Hall–Kier alpha value is -2.31. The van der Waals surface area contributed by atoms with E-state index in [9.17, 15) is 14.0 Å². The van der Waals surface area contributed by atoms with Crippen LogP contribution in [0.5, 0.6) is 0 Å². The van der Waals surface area contributed by atoms with Gasteiger partial charge in [0, 0.05) is 26.2 Å². The Balaban J connectivity index is 1.31. The molecule has 0 N–H and O–H groups in total. The van der Waals surface area contributed by atoms with Crippen LogP contribution in [0.2, 0.25) is 0 Å². The fourth-order valence-electron chi connectivity index (χ4n) is 4.66. The van der Waals surface area contributed by atoms with E-state index in [1.807, 2.05) is 51.1 Å². The van der Waals surface area contributed by atoms with Gasteiger partial charge in [-0.1, -0.05) is 30.3 Å². The summed E-state index contributed by atoms with van der Waals surface area (Å²) >= 11 is 0. The summed E-state index contributed by atoms with van der Waals surface area (Å²) in [6.45, 7) is 8.39. The summed E-state index contributed by atoms with van der Waals surface area (Å²) in [5.41, 5.74) is 0.476. The normalized spacial score (nSPS) is 19.3. The maximum atomic E-state index is 14.8. The molecule has 1 aromatic rings. The van der Waals surface area contributed by atoms with Crippen LogP contribution in [0.1, 0.15) is 64.9 Å². The Kier molecular flexibility index (Phi) is 8.98. The number of piperidine rings is 2. The third kappa shape index (κ3) is 8.52. The lowest BCUT2D eigenvalue weighted by molar-refractivity contribution is 0.0170. The number of nitrogens with zero attached hydrogens (tertiary/aromatic N) is 2. The van der Waals surface area contributed by atoms with Crippen molar-refractivity contribution in [1.82, 2.24) is 9.80 Å². The molecule has 0 spiro atoms. The molecule has 1 unspecified atom stereocenters. The van der Waals surface area contributed by atoms with Gasteiger partial charge in [-0.3, -0.25) is 0 Å². The summed E-state index contributed by atoms with van der Waals surface area (Å²) in [6.07, 6.45) is 3.01.